The summed E-state index contributed by atoms with van der Waals surface area (Å²) in [6.45, 7) is 0.488. The lowest BCUT2D eigenvalue weighted by Crippen LogP contribution is -2.10. The van der Waals surface area contributed by atoms with Gasteiger partial charge in [-0.25, -0.2) is 4.39 Å². The minimum absolute atomic E-state index is 0.252. The van der Waals surface area contributed by atoms with Crippen LogP contribution in [0.4, 0.5) is 17.6 Å². The number of alkyl halides is 4. The maximum atomic E-state index is 13.4. The molecule has 1 aromatic carbocycles. The Balaban J connectivity index is 2.71. The Bertz CT molecular complexity index is 318. The summed E-state index contributed by atoms with van der Waals surface area (Å²) in [5.74, 6) is 0. The van der Waals surface area contributed by atoms with Crippen molar-refractivity contribution < 1.29 is 17.6 Å². The Morgan fingerprint density at radius 3 is 2.19 bits per heavy atom. The predicted octanol–water partition coefficient (Wildman–Crippen LogP) is 3.33. The van der Waals surface area contributed by atoms with Gasteiger partial charge in [-0.3, -0.25) is 0 Å². The molecule has 0 bridgehead atoms. The Kier molecular flexibility index (Phi) is 4.29. The van der Waals surface area contributed by atoms with Crippen LogP contribution in [-0.4, -0.2) is 13.6 Å². The van der Waals surface area contributed by atoms with Gasteiger partial charge in [0.1, 0.15) is 6.17 Å². The van der Waals surface area contributed by atoms with Crippen molar-refractivity contribution in [1.82, 2.24) is 5.32 Å². The second-order valence-corrected chi connectivity index (χ2v) is 3.48. The maximum Gasteiger partial charge on any atom is 0.416 e. The van der Waals surface area contributed by atoms with E-state index in [0.29, 0.717) is 6.54 Å². The first-order valence-electron chi connectivity index (χ1n) is 4.91. The lowest BCUT2D eigenvalue weighted by molar-refractivity contribution is -0.137. The van der Waals surface area contributed by atoms with Gasteiger partial charge in [-0.1, -0.05) is 12.1 Å². The largest absolute Gasteiger partial charge is 0.416 e. The van der Waals surface area contributed by atoms with Crippen LogP contribution in [-0.2, 0) is 6.18 Å². The molecule has 0 aliphatic carbocycles. The first-order chi connectivity index (χ1) is 7.45. The zero-order valence-electron chi connectivity index (χ0n) is 8.81. The molecule has 1 atom stereocenters. The molecule has 0 amide bonds. The van der Waals surface area contributed by atoms with Gasteiger partial charge in [-0.2, -0.15) is 13.2 Å². The summed E-state index contributed by atoms with van der Waals surface area (Å²) < 4.78 is 50.1. The van der Waals surface area contributed by atoms with E-state index >= 15 is 0 Å². The molecule has 0 aliphatic heterocycles. The van der Waals surface area contributed by atoms with E-state index in [2.05, 4.69) is 5.32 Å². The van der Waals surface area contributed by atoms with E-state index in [9.17, 15) is 17.6 Å². The molecular weight excluding hydrogens is 222 g/mol. The fraction of sp³-hybridized carbons (Fsp3) is 0.455. The Morgan fingerprint density at radius 2 is 1.75 bits per heavy atom. The van der Waals surface area contributed by atoms with Gasteiger partial charge >= 0.3 is 6.18 Å². The number of nitrogens with one attached hydrogen (secondary N) is 1. The van der Waals surface area contributed by atoms with Crippen LogP contribution in [0.5, 0.6) is 0 Å². The SMILES string of the molecule is CNCCC(F)c1ccc(C(F)(F)F)cc1. The molecule has 0 spiro atoms. The average molecular weight is 235 g/mol. The molecule has 0 aromatic heterocycles. The van der Waals surface area contributed by atoms with Crippen LogP contribution in [0.1, 0.15) is 23.7 Å². The van der Waals surface area contributed by atoms with Crippen molar-refractivity contribution >= 4 is 0 Å². The van der Waals surface area contributed by atoms with Gasteiger partial charge in [-0.05, 0) is 37.7 Å². The summed E-state index contributed by atoms with van der Waals surface area (Å²) in [4.78, 5) is 0. The van der Waals surface area contributed by atoms with E-state index in [-0.39, 0.29) is 12.0 Å². The van der Waals surface area contributed by atoms with Crippen molar-refractivity contribution in [3.05, 3.63) is 35.4 Å². The van der Waals surface area contributed by atoms with Crippen molar-refractivity contribution in [1.29, 1.82) is 0 Å². The van der Waals surface area contributed by atoms with Crippen LogP contribution < -0.4 is 5.32 Å². The molecular formula is C11H13F4N. The quantitative estimate of drug-likeness (QED) is 0.789. The number of halogens is 4. The molecule has 0 radical (unpaired) electrons. The van der Waals surface area contributed by atoms with E-state index in [1.165, 1.54) is 12.1 Å². The van der Waals surface area contributed by atoms with E-state index in [1.54, 1.807) is 7.05 Å². The number of benzene rings is 1. The lowest BCUT2D eigenvalue weighted by Gasteiger charge is -2.10. The molecule has 1 unspecified atom stereocenters. The highest BCUT2D eigenvalue weighted by Crippen LogP contribution is 2.30. The van der Waals surface area contributed by atoms with Crippen molar-refractivity contribution in [3.63, 3.8) is 0 Å². The molecule has 0 fully saturated rings. The topological polar surface area (TPSA) is 12.0 Å². The summed E-state index contributed by atoms with van der Waals surface area (Å²) in [6.07, 6.45) is -5.34. The molecule has 1 aromatic rings. The fourth-order valence-corrected chi connectivity index (χ4v) is 1.32. The van der Waals surface area contributed by atoms with Gasteiger partial charge in [0, 0.05) is 0 Å². The van der Waals surface area contributed by atoms with E-state index in [1.807, 2.05) is 0 Å². The number of hydrogen-bond donors (Lipinski definition) is 1. The minimum atomic E-state index is -4.37. The van der Waals surface area contributed by atoms with Crippen molar-refractivity contribution in [2.45, 2.75) is 18.8 Å². The third-order valence-electron chi connectivity index (χ3n) is 2.25. The molecule has 0 saturated carbocycles. The molecule has 90 valence electrons. The van der Waals surface area contributed by atoms with Crippen molar-refractivity contribution in [2.24, 2.45) is 0 Å². The highest BCUT2D eigenvalue weighted by atomic mass is 19.4. The second-order valence-electron chi connectivity index (χ2n) is 3.48. The first kappa shape index (κ1) is 13.0. The maximum absolute atomic E-state index is 13.4. The van der Waals surface area contributed by atoms with Gasteiger partial charge in [-0.15, -0.1) is 0 Å². The molecule has 1 rings (SSSR count). The normalized spacial score (nSPS) is 13.8. The Hall–Kier alpha value is -1.10. The monoisotopic (exact) mass is 235 g/mol. The molecule has 1 nitrogen and oxygen atoms in total. The lowest BCUT2D eigenvalue weighted by atomic mass is 10.1. The van der Waals surface area contributed by atoms with Crippen molar-refractivity contribution in [2.75, 3.05) is 13.6 Å². The summed E-state index contributed by atoms with van der Waals surface area (Å²) in [6, 6.07) is 4.18. The van der Waals surface area contributed by atoms with Crippen LogP contribution in [0.25, 0.3) is 0 Å². The highest BCUT2D eigenvalue weighted by molar-refractivity contribution is 5.26. The number of rotatable bonds is 4. The number of hydrogen-bond acceptors (Lipinski definition) is 1. The fourth-order valence-electron chi connectivity index (χ4n) is 1.32. The summed E-state index contributed by atoms with van der Waals surface area (Å²) in [5, 5.41) is 2.78. The van der Waals surface area contributed by atoms with Crippen LogP contribution in [0.2, 0.25) is 0 Å². The van der Waals surface area contributed by atoms with Crippen LogP contribution in [0, 0.1) is 0 Å². The van der Waals surface area contributed by atoms with Gasteiger partial charge in [0.2, 0.25) is 0 Å². The Morgan fingerprint density at radius 1 is 1.19 bits per heavy atom. The standard InChI is InChI=1S/C11H13F4N/c1-16-7-6-10(12)8-2-4-9(5-3-8)11(13,14)15/h2-5,10,16H,6-7H2,1H3. The van der Waals surface area contributed by atoms with Gasteiger partial charge < -0.3 is 5.32 Å². The average Bonchev–Trinajstić information content (AvgIpc) is 2.25. The van der Waals surface area contributed by atoms with E-state index < -0.39 is 17.9 Å². The third kappa shape index (κ3) is 3.48. The summed E-state index contributed by atoms with van der Waals surface area (Å²) in [5.41, 5.74) is -0.472. The zero-order valence-corrected chi connectivity index (χ0v) is 8.81. The van der Waals surface area contributed by atoms with Crippen LogP contribution in [0.3, 0.4) is 0 Å². The second kappa shape index (κ2) is 5.30. The smallest absolute Gasteiger partial charge is 0.320 e. The highest BCUT2D eigenvalue weighted by Gasteiger charge is 2.30. The van der Waals surface area contributed by atoms with Gasteiger partial charge in [0.15, 0.2) is 0 Å². The zero-order chi connectivity index (χ0) is 12.2. The van der Waals surface area contributed by atoms with Crippen LogP contribution >= 0.6 is 0 Å². The van der Waals surface area contributed by atoms with Crippen molar-refractivity contribution in [3.8, 4) is 0 Å². The third-order valence-corrected chi connectivity index (χ3v) is 2.25. The summed E-state index contributed by atoms with van der Waals surface area (Å²) >= 11 is 0. The molecule has 0 heterocycles. The predicted molar refractivity (Wildman–Crippen MR) is 53.8 cm³/mol. The van der Waals surface area contributed by atoms with Gasteiger partial charge in [0.25, 0.3) is 0 Å². The first-order valence-corrected chi connectivity index (χ1v) is 4.91. The minimum Gasteiger partial charge on any atom is -0.320 e. The van der Waals surface area contributed by atoms with Gasteiger partial charge in [0.05, 0.1) is 5.56 Å². The molecule has 0 aliphatic rings. The van der Waals surface area contributed by atoms with E-state index in [0.717, 1.165) is 12.1 Å². The van der Waals surface area contributed by atoms with E-state index in [4.69, 9.17) is 0 Å². The molecule has 5 heteroatoms. The summed E-state index contributed by atoms with van der Waals surface area (Å²) in [7, 11) is 1.69. The van der Waals surface area contributed by atoms with Crippen LogP contribution in [0.15, 0.2) is 24.3 Å². The molecule has 16 heavy (non-hydrogen) atoms. The molecule has 1 N–H and O–H groups in total. The Labute approximate surface area is 91.5 Å². The molecule has 0 saturated heterocycles.